The number of rotatable bonds is 5. The molecule has 0 saturated heterocycles. The molecule has 0 bridgehead atoms. The van der Waals surface area contributed by atoms with E-state index in [0.717, 1.165) is 10.5 Å². The van der Waals surface area contributed by atoms with Crippen LogP contribution in [0.3, 0.4) is 0 Å². The van der Waals surface area contributed by atoms with E-state index in [1.54, 1.807) is 12.4 Å². The van der Waals surface area contributed by atoms with Gasteiger partial charge in [0.25, 0.3) is 0 Å². The summed E-state index contributed by atoms with van der Waals surface area (Å²) in [6, 6.07) is 4.13. The molecule has 0 aliphatic carbocycles. The minimum atomic E-state index is -0.980. The summed E-state index contributed by atoms with van der Waals surface area (Å²) in [5.41, 5.74) is 1.01. The number of aromatic nitrogens is 1. The first-order valence-corrected chi connectivity index (χ1v) is 7.12. The lowest BCUT2D eigenvalue weighted by molar-refractivity contribution is 0.503. The Kier molecular flexibility index (Phi) is 5.46. The van der Waals surface area contributed by atoms with Crippen LogP contribution in [-0.2, 0) is 11.2 Å². The molecule has 0 spiro atoms. The maximum Gasteiger partial charge on any atom is 0.171 e. The Balaban J connectivity index is 3.00. The molecule has 3 nitrogen and oxygen atoms in total. The molecule has 0 aromatic carbocycles. The normalized spacial score (nSPS) is 14.4. The third-order valence-corrected chi connectivity index (χ3v) is 4.08. The van der Waals surface area contributed by atoms with E-state index in [2.05, 4.69) is 24.9 Å². The van der Waals surface area contributed by atoms with Crippen molar-refractivity contribution in [3.05, 3.63) is 24.0 Å². The molecule has 92 valence electrons. The van der Waals surface area contributed by atoms with E-state index >= 15 is 0 Å². The lowest BCUT2D eigenvalue weighted by atomic mass is 9.87. The van der Waals surface area contributed by atoms with Gasteiger partial charge >= 0.3 is 0 Å². The summed E-state index contributed by atoms with van der Waals surface area (Å²) in [6.45, 7) is 6.06. The SMILES string of the molecule is CC[S+]([O-])c1cncc([C@H](CC#N)C(C)C)c1. The van der Waals surface area contributed by atoms with Crippen molar-refractivity contribution in [1.82, 2.24) is 4.98 Å². The monoisotopic (exact) mass is 250 g/mol. The standard InChI is InChI=1S/C13H18N2OS/c1-4-17(16)12-7-11(8-15-9-12)13(5-6-14)10(2)3/h7-10,13H,4-5H2,1-3H3/t13-,17?/m1/s1. The predicted octanol–water partition coefficient (Wildman–Crippen LogP) is 2.86. The van der Waals surface area contributed by atoms with Gasteiger partial charge in [0.1, 0.15) is 5.75 Å². The number of nitrogens with zero attached hydrogens (tertiary/aromatic N) is 2. The molecule has 0 radical (unpaired) electrons. The van der Waals surface area contributed by atoms with E-state index in [4.69, 9.17) is 5.26 Å². The second-order valence-electron chi connectivity index (χ2n) is 4.30. The molecular formula is C13H18N2OS. The molecule has 1 rings (SSSR count). The van der Waals surface area contributed by atoms with Crippen LogP contribution < -0.4 is 0 Å². The Morgan fingerprint density at radius 2 is 2.18 bits per heavy atom. The summed E-state index contributed by atoms with van der Waals surface area (Å²) in [5.74, 6) is 1.14. The Morgan fingerprint density at radius 3 is 2.71 bits per heavy atom. The van der Waals surface area contributed by atoms with Crippen LogP contribution in [0.25, 0.3) is 0 Å². The molecule has 2 atom stereocenters. The van der Waals surface area contributed by atoms with Gasteiger partial charge in [-0.05, 0) is 35.6 Å². The van der Waals surface area contributed by atoms with Crippen LogP contribution in [-0.4, -0.2) is 15.3 Å². The Morgan fingerprint density at radius 1 is 1.47 bits per heavy atom. The van der Waals surface area contributed by atoms with Crippen LogP contribution >= 0.6 is 0 Å². The fourth-order valence-corrected chi connectivity index (χ4v) is 2.55. The van der Waals surface area contributed by atoms with E-state index in [0.29, 0.717) is 18.1 Å². The summed E-state index contributed by atoms with van der Waals surface area (Å²) < 4.78 is 11.7. The smallest absolute Gasteiger partial charge is 0.171 e. The van der Waals surface area contributed by atoms with Gasteiger partial charge in [-0.2, -0.15) is 5.26 Å². The van der Waals surface area contributed by atoms with Crippen molar-refractivity contribution in [2.45, 2.75) is 38.0 Å². The highest BCUT2D eigenvalue weighted by Gasteiger charge is 2.18. The Hall–Kier alpha value is -1.05. The highest BCUT2D eigenvalue weighted by molar-refractivity contribution is 7.91. The minimum Gasteiger partial charge on any atom is -0.611 e. The Labute approximate surface area is 106 Å². The first-order chi connectivity index (χ1) is 8.10. The number of hydrogen-bond acceptors (Lipinski definition) is 3. The molecule has 1 unspecified atom stereocenters. The maximum absolute atomic E-state index is 11.7. The average Bonchev–Trinajstić information content (AvgIpc) is 2.34. The highest BCUT2D eigenvalue weighted by Crippen LogP contribution is 2.28. The lowest BCUT2D eigenvalue weighted by Crippen LogP contribution is -2.09. The molecule has 0 amide bonds. The summed E-state index contributed by atoms with van der Waals surface area (Å²) in [4.78, 5) is 4.89. The zero-order valence-electron chi connectivity index (χ0n) is 10.5. The molecule has 17 heavy (non-hydrogen) atoms. The molecular weight excluding hydrogens is 232 g/mol. The molecule has 0 N–H and O–H groups in total. The number of hydrogen-bond donors (Lipinski definition) is 0. The average molecular weight is 250 g/mol. The largest absolute Gasteiger partial charge is 0.611 e. The fourth-order valence-electron chi connectivity index (χ4n) is 1.77. The second-order valence-corrected chi connectivity index (χ2v) is 6.04. The van der Waals surface area contributed by atoms with E-state index in [9.17, 15) is 4.55 Å². The van der Waals surface area contributed by atoms with Crippen LogP contribution in [0.1, 0.15) is 38.7 Å². The molecule has 1 heterocycles. The van der Waals surface area contributed by atoms with Crippen molar-refractivity contribution >= 4 is 11.2 Å². The molecule has 4 heteroatoms. The van der Waals surface area contributed by atoms with Gasteiger partial charge in [-0.3, -0.25) is 4.98 Å². The van der Waals surface area contributed by atoms with Crippen LogP contribution in [0.2, 0.25) is 0 Å². The third kappa shape index (κ3) is 3.72. The van der Waals surface area contributed by atoms with Gasteiger partial charge in [-0.15, -0.1) is 0 Å². The van der Waals surface area contributed by atoms with Gasteiger partial charge < -0.3 is 4.55 Å². The predicted molar refractivity (Wildman–Crippen MR) is 69.0 cm³/mol. The highest BCUT2D eigenvalue weighted by atomic mass is 32.2. The molecule has 1 aromatic heterocycles. The summed E-state index contributed by atoms with van der Waals surface area (Å²) in [6.07, 6.45) is 3.90. The van der Waals surface area contributed by atoms with Crippen molar-refractivity contribution < 1.29 is 4.55 Å². The topological polar surface area (TPSA) is 59.7 Å². The van der Waals surface area contributed by atoms with Gasteiger partial charge in [0.05, 0.1) is 12.3 Å². The van der Waals surface area contributed by atoms with E-state index in [-0.39, 0.29) is 5.92 Å². The number of pyridine rings is 1. The van der Waals surface area contributed by atoms with Crippen molar-refractivity contribution in [3.63, 3.8) is 0 Å². The van der Waals surface area contributed by atoms with Crippen LogP contribution in [0, 0.1) is 17.2 Å². The summed E-state index contributed by atoms with van der Waals surface area (Å²) >= 11 is -0.980. The van der Waals surface area contributed by atoms with Crippen LogP contribution in [0.4, 0.5) is 0 Å². The van der Waals surface area contributed by atoms with Gasteiger partial charge in [-0.25, -0.2) is 0 Å². The second kappa shape index (κ2) is 6.63. The van der Waals surface area contributed by atoms with Gasteiger partial charge in [0.2, 0.25) is 0 Å². The zero-order chi connectivity index (χ0) is 12.8. The first kappa shape index (κ1) is 14.0. The van der Waals surface area contributed by atoms with Crippen molar-refractivity contribution in [2.24, 2.45) is 5.92 Å². The van der Waals surface area contributed by atoms with Crippen molar-refractivity contribution in [1.29, 1.82) is 5.26 Å². The lowest BCUT2D eigenvalue weighted by Gasteiger charge is -2.18. The van der Waals surface area contributed by atoms with Crippen LogP contribution in [0.5, 0.6) is 0 Å². The van der Waals surface area contributed by atoms with E-state index in [1.165, 1.54) is 0 Å². The van der Waals surface area contributed by atoms with E-state index < -0.39 is 11.2 Å². The van der Waals surface area contributed by atoms with Crippen molar-refractivity contribution in [2.75, 3.05) is 5.75 Å². The molecule has 0 aliphatic heterocycles. The third-order valence-electron chi connectivity index (χ3n) is 2.80. The maximum atomic E-state index is 11.7. The Bertz CT molecular complexity index is 401. The van der Waals surface area contributed by atoms with Gasteiger partial charge in [0.15, 0.2) is 4.90 Å². The summed E-state index contributed by atoms with van der Waals surface area (Å²) in [7, 11) is 0. The zero-order valence-corrected chi connectivity index (χ0v) is 11.3. The van der Waals surface area contributed by atoms with Gasteiger partial charge in [-0.1, -0.05) is 13.8 Å². The molecule has 1 aromatic rings. The number of nitriles is 1. The summed E-state index contributed by atoms with van der Waals surface area (Å²) in [5, 5.41) is 8.84. The minimum absolute atomic E-state index is 0.168. The molecule has 0 aliphatic rings. The van der Waals surface area contributed by atoms with Crippen LogP contribution in [0.15, 0.2) is 23.4 Å². The van der Waals surface area contributed by atoms with Gasteiger partial charge in [0, 0.05) is 18.5 Å². The fraction of sp³-hybridized carbons (Fsp3) is 0.538. The molecule has 0 fully saturated rings. The quantitative estimate of drug-likeness (QED) is 0.755. The van der Waals surface area contributed by atoms with E-state index in [1.807, 2.05) is 13.0 Å². The molecule has 0 saturated carbocycles. The van der Waals surface area contributed by atoms with Crippen molar-refractivity contribution in [3.8, 4) is 6.07 Å². The first-order valence-electron chi connectivity index (χ1n) is 5.80.